The zero-order chi connectivity index (χ0) is 20.8. The molecule has 2 heterocycles. The fourth-order valence-electron chi connectivity index (χ4n) is 2.84. The maximum absolute atomic E-state index is 14.2. The summed E-state index contributed by atoms with van der Waals surface area (Å²) in [6.45, 7) is 3.14. The summed E-state index contributed by atoms with van der Waals surface area (Å²) in [4.78, 5) is 20.4. The molecular formula is C20H23FN4O4. The standard InChI is InChI=1S/C20H23FN4O4/c1-12-11-28-8-7-18(12)29-20(22)25-17-9-13(3-5-15(17)21)24-19(26)16-6-4-14(27-2)10-23-16/h3-6,9-10,12,18H,7-8,11H2,1-2H3,(H2,22,25)(H,24,26)/t12-,18?/m0/s1. The van der Waals surface area contributed by atoms with Crippen molar-refractivity contribution in [1.82, 2.24) is 4.98 Å². The number of methoxy groups -OCH3 is 1. The number of halogens is 1. The van der Waals surface area contributed by atoms with Crippen LogP contribution in [0.25, 0.3) is 0 Å². The molecule has 154 valence electrons. The fourth-order valence-corrected chi connectivity index (χ4v) is 2.84. The number of nitrogens with two attached hydrogens (primary N) is 1. The second-order valence-corrected chi connectivity index (χ2v) is 6.65. The number of aliphatic imine (C=N–C) groups is 1. The number of anilines is 1. The highest BCUT2D eigenvalue weighted by molar-refractivity contribution is 6.03. The van der Waals surface area contributed by atoms with Crippen LogP contribution in [-0.4, -0.2) is 43.3 Å². The van der Waals surface area contributed by atoms with Gasteiger partial charge < -0.3 is 25.3 Å². The Morgan fingerprint density at radius 1 is 1.38 bits per heavy atom. The van der Waals surface area contributed by atoms with E-state index in [4.69, 9.17) is 19.9 Å². The molecule has 0 aliphatic carbocycles. The molecule has 2 atom stereocenters. The van der Waals surface area contributed by atoms with E-state index in [9.17, 15) is 9.18 Å². The molecule has 0 saturated carbocycles. The molecule has 1 aromatic heterocycles. The van der Waals surface area contributed by atoms with Crippen molar-refractivity contribution in [1.29, 1.82) is 0 Å². The Balaban J connectivity index is 1.70. The predicted octanol–water partition coefficient (Wildman–Crippen LogP) is 2.87. The highest BCUT2D eigenvalue weighted by Crippen LogP contribution is 2.24. The zero-order valence-corrected chi connectivity index (χ0v) is 16.2. The highest BCUT2D eigenvalue weighted by atomic mass is 19.1. The Kier molecular flexibility index (Phi) is 6.61. The summed E-state index contributed by atoms with van der Waals surface area (Å²) in [6, 6.07) is 7.01. The molecule has 0 spiro atoms. The number of nitrogens with zero attached hydrogens (tertiary/aromatic N) is 2. The molecule has 1 aliphatic rings. The lowest BCUT2D eigenvalue weighted by molar-refractivity contribution is -0.0223. The largest absolute Gasteiger partial charge is 0.495 e. The van der Waals surface area contributed by atoms with Crippen molar-refractivity contribution in [2.45, 2.75) is 19.4 Å². The van der Waals surface area contributed by atoms with E-state index in [0.29, 0.717) is 31.1 Å². The van der Waals surface area contributed by atoms with Crippen LogP contribution in [0.2, 0.25) is 0 Å². The van der Waals surface area contributed by atoms with E-state index in [2.05, 4.69) is 15.3 Å². The Hall–Kier alpha value is -3.20. The van der Waals surface area contributed by atoms with Crippen LogP contribution < -0.4 is 15.8 Å². The van der Waals surface area contributed by atoms with E-state index in [1.165, 1.54) is 37.6 Å². The minimum atomic E-state index is -0.586. The summed E-state index contributed by atoms with van der Waals surface area (Å²) in [5, 5.41) is 2.65. The quantitative estimate of drug-likeness (QED) is 0.588. The lowest BCUT2D eigenvalue weighted by atomic mass is 10.0. The van der Waals surface area contributed by atoms with Crippen LogP contribution in [0.15, 0.2) is 41.5 Å². The van der Waals surface area contributed by atoms with Crippen LogP contribution in [0.5, 0.6) is 5.75 Å². The van der Waals surface area contributed by atoms with E-state index in [1.807, 2.05) is 6.92 Å². The number of hydrogen-bond acceptors (Lipinski definition) is 6. The maximum Gasteiger partial charge on any atom is 0.287 e. The van der Waals surface area contributed by atoms with Gasteiger partial charge in [-0.2, -0.15) is 4.99 Å². The molecule has 0 bridgehead atoms. The molecular weight excluding hydrogens is 379 g/mol. The van der Waals surface area contributed by atoms with E-state index in [0.717, 1.165) is 0 Å². The van der Waals surface area contributed by atoms with Crippen LogP contribution in [0, 0.1) is 11.7 Å². The number of hydrogen-bond donors (Lipinski definition) is 2. The van der Waals surface area contributed by atoms with Gasteiger partial charge in [0.2, 0.25) is 0 Å². The Morgan fingerprint density at radius 3 is 2.90 bits per heavy atom. The van der Waals surface area contributed by atoms with Crippen molar-refractivity contribution in [3.8, 4) is 5.75 Å². The van der Waals surface area contributed by atoms with Gasteiger partial charge in [-0.25, -0.2) is 9.37 Å². The number of rotatable bonds is 5. The third-order valence-electron chi connectivity index (χ3n) is 4.47. The fraction of sp³-hybridized carbons (Fsp3) is 0.350. The van der Waals surface area contributed by atoms with Gasteiger partial charge in [0.1, 0.15) is 29.1 Å². The summed E-state index contributed by atoms with van der Waals surface area (Å²) in [5.41, 5.74) is 6.35. The van der Waals surface area contributed by atoms with E-state index in [-0.39, 0.29) is 29.4 Å². The molecule has 2 aromatic rings. The normalized spacial score (nSPS) is 19.5. The first-order valence-electron chi connectivity index (χ1n) is 9.15. The lowest BCUT2D eigenvalue weighted by Crippen LogP contribution is -2.36. The van der Waals surface area contributed by atoms with Crippen molar-refractivity contribution in [2.75, 3.05) is 25.6 Å². The van der Waals surface area contributed by atoms with E-state index >= 15 is 0 Å². The molecule has 1 saturated heterocycles. The SMILES string of the molecule is COc1ccc(C(=O)Nc2ccc(F)c(/N=C(/N)OC3CCOC[C@@H]3C)c2)nc1. The first-order valence-corrected chi connectivity index (χ1v) is 9.15. The number of ether oxygens (including phenoxy) is 3. The average Bonchev–Trinajstić information content (AvgIpc) is 2.72. The van der Waals surface area contributed by atoms with Crippen LogP contribution in [-0.2, 0) is 9.47 Å². The summed E-state index contributed by atoms with van der Waals surface area (Å²) in [7, 11) is 1.51. The molecule has 1 amide bonds. The monoisotopic (exact) mass is 402 g/mol. The van der Waals surface area contributed by atoms with Crippen LogP contribution >= 0.6 is 0 Å². The molecule has 0 radical (unpaired) electrons. The summed E-state index contributed by atoms with van der Waals surface area (Å²) in [6.07, 6.45) is 1.98. The van der Waals surface area contributed by atoms with Crippen molar-refractivity contribution in [2.24, 2.45) is 16.6 Å². The summed E-state index contributed by atoms with van der Waals surface area (Å²) >= 11 is 0. The van der Waals surface area contributed by atoms with Crippen LogP contribution in [0.3, 0.4) is 0 Å². The third kappa shape index (κ3) is 5.41. The summed E-state index contributed by atoms with van der Waals surface area (Å²) < 4.78 is 30.2. The molecule has 3 N–H and O–H groups in total. The van der Waals surface area contributed by atoms with Gasteiger partial charge in [-0.1, -0.05) is 6.92 Å². The van der Waals surface area contributed by atoms with Gasteiger partial charge >= 0.3 is 0 Å². The average molecular weight is 402 g/mol. The van der Waals surface area contributed by atoms with Crippen molar-refractivity contribution in [3.05, 3.63) is 48.0 Å². The number of aromatic nitrogens is 1. The lowest BCUT2D eigenvalue weighted by Gasteiger charge is -2.28. The number of pyridine rings is 1. The second kappa shape index (κ2) is 9.33. The predicted molar refractivity (Wildman–Crippen MR) is 106 cm³/mol. The van der Waals surface area contributed by atoms with Gasteiger partial charge in [0.05, 0.1) is 26.5 Å². The van der Waals surface area contributed by atoms with Gasteiger partial charge in [-0.3, -0.25) is 4.79 Å². The molecule has 1 fully saturated rings. The number of amides is 1. The van der Waals surface area contributed by atoms with Crippen LogP contribution in [0.1, 0.15) is 23.8 Å². The van der Waals surface area contributed by atoms with Crippen molar-refractivity contribution >= 4 is 23.3 Å². The maximum atomic E-state index is 14.2. The number of carbonyl (C=O) groups is 1. The number of carbonyl (C=O) groups excluding carboxylic acids is 1. The molecule has 3 rings (SSSR count). The smallest absolute Gasteiger partial charge is 0.287 e. The highest BCUT2D eigenvalue weighted by Gasteiger charge is 2.24. The second-order valence-electron chi connectivity index (χ2n) is 6.65. The van der Waals surface area contributed by atoms with E-state index < -0.39 is 11.7 Å². The van der Waals surface area contributed by atoms with Gasteiger partial charge in [0.25, 0.3) is 11.9 Å². The molecule has 1 aliphatic heterocycles. The van der Waals surface area contributed by atoms with Gasteiger partial charge in [-0.15, -0.1) is 0 Å². The molecule has 8 nitrogen and oxygen atoms in total. The van der Waals surface area contributed by atoms with Gasteiger partial charge in [0.15, 0.2) is 0 Å². The van der Waals surface area contributed by atoms with Crippen molar-refractivity contribution < 1.29 is 23.4 Å². The first kappa shape index (κ1) is 20.5. The minimum absolute atomic E-state index is 0.0392. The van der Waals surface area contributed by atoms with E-state index in [1.54, 1.807) is 6.07 Å². The Bertz CT molecular complexity index is 889. The minimum Gasteiger partial charge on any atom is -0.495 e. The number of nitrogens with one attached hydrogen (secondary N) is 1. The van der Waals surface area contributed by atoms with Gasteiger partial charge in [0, 0.05) is 18.0 Å². The molecule has 9 heteroatoms. The van der Waals surface area contributed by atoms with Crippen LogP contribution in [0.4, 0.5) is 15.8 Å². The molecule has 29 heavy (non-hydrogen) atoms. The first-order chi connectivity index (χ1) is 14.0. The summed E-state index contributed by atoms with van der Waals surface area (Å²) in [5.74, 6) is -0.342. The third-order valence-corrected chi connectivity index (χ3v) is 4.47. The molecule has 1 unspecified atom stereocenters. The topological polar surface area (TPSA) is 108 Å². The number of benzene rings is 1. The van der Waals surface area contributed by atoms with Crippen molar-refractivity contribution in [3.63, 3.8) is 0 Å². The molecule has 1 aromatic carbocycles. The Labute approximate surface area is 167 Å². The Morgan fingerprint density at radius 2 is 2.21 bits per heavy atom. The van der Waals surface area contributed by atoms with Gasteiger partial charge in [-0.05, 0) is 30.3 Å². The number of amidine groups is 1. The zero-order valence-electron chi connectivity index (χ0n) is 16.2.